The maximum absolute atomic E-state index is 14.4. The van der Waals surface area contributed by atoms with E-state index in [4.69, 9.17) is 24.0 Å². The first kappa shape index (κ1) is 63.5. The van der Waals surface area contributed by atoms with E-state index in [1.807, 2.05) is 39.8 Å². The summed E-state index contributed by atoms with van der Waals surface area (Å²) in [5.74, 6) is -2.55. The number of carbonyl (C=O) groups excluding carboxylic acids is 2. The van der Waals surface area contributed by atoms with Gasteiger partial charge in [-0.25, -0.2) is 0 Å². The summed E-state index contributed by atoms with van der Waals surface area (Å²) in [5, 5.41) is 56.7. The van der Waals surface area contributed by atoms with E-state index < -0.39 is 79.6 Å². The number of aliphatic hydroxyl groups is 4. The normalized spacial score (nSPS) is 30.7. The molecule has 0 aliphatic carbocycles. The fraction of sp³-hybridized carbons (Fsp3) is 0.721. The minimum absolute atomic E-state index is 0.113. The molecule has 14 nitrogen and oxygen atoms in total. The molecule has 2 saturated heterocycles. The summed E-state index contributed by atoms with van der Waals surface area (Å²) < 4.78 is 27.2. The van der Waals surface area contributed by atoms with Crippen molar-refractivity contribution in [3.05, 3.63) is 73.1 Å². The minimum atomic E-state index is -1.96. The zero-order valence-corrected chi connectivity index (χ0v) is 49.6. The van der Waals surface area contributed by atoms with Crippen LogP contribution in [0.4, 0.5) is 0 Å². The lowest BCUT2D eigenvalue weighted by Gasteiger charge is -2.47. The first-order chi connectivity index (χ1) is 36.0. The molecular weight excluding hydrogens is 980 g/mol. The highest BCUT2D eigenvalue weighted by atomic mass is 31.2. The number of nitrogens with zero attached hydrogens (tertiary/aromatic N) is 4. The zero-order valence-electron chi connectivity index (χ0n) is 48.7. The van der Waals surface area contributed by atoms with Crippen molar-refractivity contribution in [2.24, 2.45) is 17.8 Å². The van der Waals surface area contributed by atoms with Gasteiger partial charge in [0.1, 0.15) is 47.6 Å². The number of hydrogen-bond acceptors (Lipinski definition) is 12. The van der Waals surface area contributed by atoms with Gasteiger partial charge in [0.2, 0.25) is 5.91 Å². The molecule has 1 amide bonds. The van der Waals surface area contributed by atoms with Crippen LogP contribution in [0.5, 0.6) is 0 Å². The van der Waals surface area contributed by atoms with Gasteiger partial charge in [0, 0.05) is 32.0 Å². The third-order valence-corrected chi connectivity index (χ3v) is 21.0. The number of carbonyl (C=O) groups is 2. The molecule has 2 fully saturated rings. The van der Waals surface area contributed by atoms with Crippen LogP contribution in [0.15, 0.2) is 73.1 Å². The van der Waals surface area contributed by atoms with Crippen LogP contribution < -0.4 is 15.9 Å². The first-order valence-electron chi connectivity index (χ1n) is 28.8. The van der Waals surface area contributed by atoms with Gasteiger partial charge in [0.05, 0.1) is 60.0 Å². The minimum Gasteiger partial charge on any atom is -0.459 e. The first-order valence-corrected chi connectivity index (χ1v) is 30.8. The van der Waals surface area contributed by atoms with E-state index in [1.165, 1.54) is 23.0 Å². The van der Waals surface area contributed by atoms with Crippen LogP contribution in [0.2, 0.25) is 0 Å². The number of unbranched alkanes of at least 4 members (excludes halogenated alkanes) is 8. The molecule has 0 unspecified atom stereocenters. The molecule has 2 aromatic carbocycles. The molecule has 5 rings (SSSR count). The Morgan fingerprint density at radius 1 is 0.829 bits per heavy atom. The Morgan fingerprint density at radius 2 is 1.39 bits per heavy atom. The Balaban J connectivity index is 1.23. The molecule has 2 aliphatic rings. The summed E-state index contributed by atoms with van der Waals surface area (Å²) in [6, 6.07) is 21.0. The highest BCUT2D eigenvalue weighted by Gasteiger charge is 2.51. The topological polar surface area (TPSA) is 176 Å². The largest absolute Gasteiger partial charge is 0.459 e. The number of amides is 1. The lowest BCUT2D eigenvalue weighted by Crippen LogP contribution is -2.59. The number of hydrogen-bond donors (Lipinski definition) is 4. The molecule has 3 heterocycles. The number of methoxy groups -OCH3 is 1. The number of benzene rings is 2. The predicted molar refractivity (Wildman–Crippen MR) is 306 cm³/mol. The van der Waals surface area contributed by atoms with Gasteiger partial charge in [0.25, 0.3) is 0 Å². The number of esters is 1. The Bertz CT molecular complexity index is 2130. The van der Waals surface area contributed by atoms with Crippen LogP contribution in [0.1, 0.15) is 159 Å². The van der Waals surface area contributed by atoms with Crippen molar-refractivity contribution >= 4 is 35.1 Å². The Morgan fingerprint density at radius 3 is 1.91 bits per heavy atom. The van der Waals surface area contributed by atoms with Crippen molar-refractivity contribution in [2.45, 2.75) is 231 Å². The number of aliphatic hydroxyl groups excluding tert-OH is 3. The highest BCUT2D eigenvalue weighted by Crippen LogP contribution is 2.56. The number of cyclic esters (lactones) is 1. The Hall–Kier alpha value is -3.30. The molecule has 15 heteroatoms. The summed E-state index contributed by atoms with van der Waals surface area (Å²) in [6.07, 6.45) is 8.46. The standard InChI is InChI=1S/C61H100N4O10P/c1-14-49-56(72-13)44(5)58(70)74-51(15-2)55(69)53(67)45(6)64(40-42(3)38-61(10,71)57(49)75-59-54(68)50(63(11)12)37-43(4)73-59)52(66)35-29-21-19-17-16-18-20-22-30-36-76(46-31-25-23-26-32-46,47-33-27-24-28-34-47)48-39-62-65(41-48)60(7,8)9/h23-28,31-34,39,41-45,49-51,53-57,59,67-69,71H,14-22,29-30,35-38,40H2,1-13H3/q+1/t42-,43-,44-,45-,49+,50+,51-,53-,54-,55-,56-,57-,59+,61-/m1/s1. The Labute approximate surface area is 457 Å². The lowest BCUT2D eigenvalue weighted by atomic mass is 9.76. The van der Waals surface area contributed by atoms with Gasteiger partial charge >= 0.3 is 5.97 Å². The lowest BCUT2D eigenvalue weighted by molar-refractivity contribution is -0.301. The molecular formula is C61H100N4O10P+. The van der Waals surface area contributed by atoms with Gasteiger partial charge in [0.15, 0.2) is 6.29 Å². The third kappa shape index (κ3) is 16.2. The quantitative estimate of drug-likeness (QED) is 0.0457. The fourth-order valence-corrected chi connectivity index (χ4v) is 16.4. The van der Waals surface area contributed by atoms with E-state index in [0.29, 0.717) is 19.3 Å². The maximum Gasteiger partial charge on any atom is 0.311 e. The molecule has 0 saturated carbocycles. The van der Waals surface area contributed by atoms with E-state index in [-0.39, 0.29) is 55.3 Å². The number of aromatic nitrogens is 2. The van der Waals surface area contributed by atoms with E-state index in [1.54, 1.807) is 32.6 Å². The van der Waals surface area contributed by atoms with Crippen molar-refractivity contribution < 1.29 is 49.0 Å². The van der Waals surface area contributed by atoms with Crippen molar-refractivity contribution in [1.29, 1.82) is 0 Å². The second-order valence-corrected chi connectivity index (χ2v) is 27.6. The molecule has 2 aliphatic heterocycles. The second-order valence-electron chi connectivity index (χ2n) is 24.0. The van der Waals surface area contributed by atoms with Gasteiger partial charge in [-0.05, 0) is 138 Å². The van der Waals surface area contributed by atoms with E-state index in [2.05, 4.69) is 98.5 Å². The summed E-state index contributed by atoms with van der Waals surface area (Å²) >= 11 is 0. The maximum atomic E-state index is 14.4. The molecule has 14 atom stereocenters. The van der Waals surface area contributed by atoms with Crippen LogP contribution >= 0.6 is 7.26 Å². The molecule has 3 aromatic rings. The SMILES string of the molecule is CC[C@H]1[C@H](OC)[C@@H](C)C(=O)O[C@H](CC)[C@@H](O)[C@H](O)[C@@H](C)N(C(=O)CCCCCCCCCCC[P+](c2ccccc2)(c2ccccc2)c2cnn(C(C)(C)C)c2)C[C@H](C)C[C@@](C)(O)[C@@H]1O[C@@H]1O[C@H](C)C[C@H](N(C)C)[C@H]1O. The zero-order chi connectivity index (χ0) is 56.0. The smallest absolute Gasteiger partial charge is 0.311 e. The van der Waals surface area contributed by atoms with Gasteiger partial charge in [-0.2, -0.15) is 5.10 Å². The summed E-state index contributed by atoms with van der Waals surface area (Å²) in [6.45, 7) is 19.5. The second kappa shape index (κ2) is 29.2. The van der Waals surface area contributed by atoms with Crippen LogP contribution in [-0.4, -0.2) is 152 Å². The fourth-order valence-electron chi connectivity index (χ4n) is 12.2. The predicted octanol–water partition coefficient (Wildman–Crippen LogP) is 8.37. The van der Waals surface area contributed by atoms with Crippen molar-refractivity contribution in [2.75, 3.05) is 33.9 Å². The average molecular weight is 1080 g/mol. The van der Waals surface area contributed by atoms with E-state index in [0.717, 1.165) is 57.5 Å². The van der Waals surface area contributed by atoms with E-state index >= 15 is 0 Å². The molecule has 0 radical (unpaired) electrons. The molecule has 0 bridgehead atoms. The molecule has 0 spiro atoms. The Kier molecular flexibility index (Phi) is 24.4. The van der Waals surface area contributed by atoms with Crippen molar-refractivity contribution in [3.8, 4) is 0 Å². The number of ether oxygens (including phenoxy) is 4. The number of likely N-dealkylation sites (N-methyl/N-ethyl adjacent to an activating group) is 1. The average Bonchev–Trinajstić information content (AvgIpc) is 3.90. The van der Waals surface area contributed by atoms with Crippen LogP contribution in [-0.2, 0) is 34.1 Å². The third-order valence-electron chi connectivity index (χ3n) is 16.5. The van der Waals surface area contributed by atoms with Crippen LogP contribution in [0.3, 0.4) is 0 Å². The molecule has 1 aromatic heterocycles. The summed E-state index contributed by atoms with van der Waals surface area (Å²) in [4.78, 5) is 32.0. The van der Waals surface area contributed by atoms with Crippen LogP contribution in [0, 0.1) is 17.8 Å². The van der Waals surface area contributed by atoms with Gasteiger partial charge < -0.3 is 49.2 Å². The van der Waals surface area contributed by atoms with E-state index in [9.17, 15) is 30.0 Å². The van der Waals surface area contributed by atoms with Crippen molar-refractivity contribution in [3.63, 3.8) is 0 Å². The molecule has 4 N–H and O–H groups in total. The van der Waals surface area contributed by atoms with Gasteiger partial charge in [-0.1, -0.05) is 95.7 Å². The summed E-state index contributed by atoms with van der Waals surface area (Å²) in [5.41, 5.74) is -1.69. The van der Waals surface area contributed by atoms with Gasteiger partial charge in [-0.15, -0.1) is 0 Å². The highest BCUT2D eigenvalue weighted by molar-refractivity contribution is 7.95. The number of rotatable bonds is 21. The summed E-state index contributed by atoms with van der Waals surface area (Å²) in [7, 11) is 3.36. The molecule has 76 heavy (non-hydrogen) atoms. The van der Waals surface area contributed by atoms with Gasteiger partial charge in [-0.3, -0.25) is 14.3 Å². The van der Waals surface area contributed by atoms with Crippen molar-refractivity contribution in [1.82, 2.24) is 19.6 Å². The van der Waals surface area contributed by atoms with Crippen LogP contribution in [0.25, 0.3) is 0 Å². The monoisotopic (exact) mass is 1080 g/mol. The molecule has 428 valence electrons.